The maximum Gasteiger partial charge on any atom is 0.276 e. The molecule has 0 aliphatic heterocycles. The van der Waals surface area contributed by atoms with E-state index in [1.807, 2.05) is 19.4 Å². The summed E-state index contributed by atoms with van der Waals surface area (Å²) in [7, 11) is 1.84. The van der Waals surface area contributed by atoms with Crippen LogP contribution in [0, 0.1) is 5.82 Å². The van der Waals surface area contributed by atoms with Crippen LogP contribution in [0.3, 0.4) is 0 Å². The fourth-order valence-corrected chi connectivity index (χ4v) is 2.16. The number of hydrogen-bond acceptors (Lipinski definition) is 5. The molecule has 2 heterocycles. The van der Waals surface area contributed by atoms with Gasteiger partial charge in [-0.1, -0.05) is 0 Å². The highest BCUT2D eigenvalue weighted by Gasteiger charge is 2.12. The Morgan fingerprint density at radius 2 is 2.26 bits per heavy atom. The highest BCUT2D eigenvalue weighted by Crippen LogP contribution is 2.20. The fraction of sp³-hybridized carbons (Fsp3) is 0.250. The highest BCUT2D eigenvalue weighted by molar-refractivity contribution is 7.14. The third-order valence-electron chi connectivity index (χ3n) is 2.58. The molecule has 0 saturated heterocycles. The SMILES string of the molecule is CNC(C)c1csc(NC(=O)c2ccc(F)cn2)n1. The average molecular weight is 280 g/mol. The van der Waals surface area contributed by atoms with Crippen molar-refractivity contribution >= 4 is 22.4 Å². The molecule has 0 aromatic carbocycles. The van der Waals surface area contributed by atoms with E-state index in [-0.39, 0.29) is 11.7 Å². The van der Waals surface area contributed by atoms with E-state index in [9.17, 15) is 9.18 Å². The van der Waals surface area contributed by atoms with E-state index in [1.54, 1.807) is 0 Å². The van der Waals surface area contributed by atoms with Crippen molar-refractivity contribution in [1.82, 2.24) is 15.3 Å². The third-order valence-corrected chi connectivity index (χ3v) is 3.36. The quantitative estimate of drug-likeness (QED) is 0.901. The maximum absolute atomic E-state index is 12.7. The number of halogens is 1. The molecular formula is C12H13FN4OS. The first kappa shape index (κ1) is 13.6. The Balaban J connectivity index is 2.06. The number of pyridine rings is 1. The molecule has 0 fully saturated rings. The van der Waals surface area contributed by atoms with Gasteiger partial charge < -0.3 is 5.32 Å². The lowest BCUT2D eigenvalue weighted by Gasteiger charge is -2.05. The van der Waals surface area contributed by atoms with Gasteiger partial charge in [-0.2, -0.15) is 0 Å². The van der Waals surface area contributed by atoms with Gasteiger partial charge in [0, 0.05) is 11.4 Å². The van der Waals surface area contributed by atoms with Crippen molar-refractivity contribution in [2.45, 2.75) is 13.0 Å². The molecule has 5 nitrogen and oxygen atoms in total. The van der Waals surface area contributed by atoms with Crippen molar-refractivity contribution < 1.29 is 9.18 Å². The van der Waals surface area contributed by atoms with Gasteiger partial charge in [-0.3, -0.25) is 10.1 Å². The maximum atomic E-state index is 12.7. The van der Waals surface area contributed by atoms with E-state index in [4.69, 9.17) is 0 Å². The molecule has 0 aliphatic carbocycles. The minimum absolute atomic E-state index is 0.117. The number of rotatable bonds is 4. The standard InChI is InChI=1S/C12H13FN4OS/c1-7(14-2)10-6-19-12(16-10)17-11(18)9-4-3-8(13)5-15-9/h3-7,14H,1-2H3,(H,16,17,18). The zero-order valence-corrected chi connectivity index (χ0v) is 11.3. The van der Waals surface area contributed by atoms with Crippen molar-refractivity contribution in [1.29, 1.82) is 0 Å². The second-order valence-corrected chi connectivity index (χ2v) is 4.76. The number of anilines is 1. The summed E-state index contributed by atoms with van der Waals surface area (Å²) in [6.07, 6.45) is 1.01. The van der Waals surface area contributed by atoms with E-state index in [0.29, 0.717) is 5.13 Å². The van der Waals surface area contributed by atoms with E-state index in [2.05, 4.69) is 20.6 Å². The summed E-state index contributed by atoms with van der Waals surface area (Å²) in [5, 5.41) is 8.06. The molecular weight excluding hydrogens is 267 g/mol. The second-order valence-electron chi connectivity index (χ2n) is 3.90. The van der Waals surface area contributed by atoms with E-state index >= 15 is 0 Å². The molecule has 1 unspecified atom stereocenters. The molecule has 100 valence electrons. The van der Waals surface area contributed by atoms with Crippen LogP contribution in [-0.4, -0.2) is 22.9 Å². The van der Waals surface area contributed by atoms with Gasteiger partial charge in [-0.25, -0.2) is 14.4 Å². The van der Waals surface area contributed by atoms with Gasteiger partial charge in [0.1, 0.15) is 11.5 Å². The van der Waals surface area contributed by atoms with Gasteiger partial charge in [0.25, 0.3) is 5.91 Å². The summed E-state index contributed by atoms with van der Waals surface area (Å²) in [6, 6.07) is 2.64. The van der Waals surface area contributed by atoms with Crippen LogP contribution in [0.5, 0.6) is 0 Å². The normalized spacial score (nSPS) is 12.2. The molecule has 0 spiro atoms. The summed E-state index contributed by atoms with van der Waals surface area (Å²) >= 11 is 1.33. The van der Waals surface area contributed by atoms with Gasteiger partial charge in [0.2, 0.25) is 0 Å². The van der Waals surface area contributed by atoms with Crippen molar-refractivity contribution in [3.05, 3.63) is 40.9 Å². The molecule has 19 heavy (non-hydrogen) atoms. The number of hydrogen-bond donors (Lipinski definition) is 2. The largest absolute Gasteiger partial charge is 0.312 e. The second kappa shape index (κ2) is 5.85. The Bertz CT molecular complexity index is 569. The predicted octanol–water partition coefficient (Wildman–Crippen LogP) is 2.21. The monoisotopic (exact) mass is 280 g/mol. The summed E-state index contributed by atoms with van der Waals surface area (Å²) in [5.41, 5.74) is 1.01. The minimum Gasteiger partial charge on any atom is -0.312 e. The number of amides is 1. The van der Waals surface area contributed by atoms with Gasteiger partial charge >= 0.3 is 0 Å². The van der Waals surface area contributed by atoms with Crippen molar-refractivity contribution in [2.24, 2.45) is 0 Å². The third kappa shape index (κ3) is 3.33. The molecule has 0 bridgehead atoms. The molecule has 2 rings (SSSR count). The lowest BCUT2D eigenvalue weighted by molar-refractivity contribution is 0.102. The lowest BCUT2D eigenvalue weighted by Crippen LogP contribution is -2.15. The first-order chi connectivity index (χ1) is 9.10. The van der Waals surface area contributed by atoms with Crippen LogP contribution in [0.4, 0.5) is 9.52 Å². The van der Waals surface area contributed by atoms with Crippen LogP contribution < -0.4 is 10.6 Å². The Kier molecular flexibility index (Phi) is 4.18. The number of thiazole rings is 1. The Labute approximate surface area is 113 Å². The zero-order valence-electron chi connectivity index (χ0n) is 10.5. The average Bonchev–Trinajstić information content (AvgIpc) is 2.87. The van der Waals surface area contributed by atoms with Crippen molar-refractivity contribution in [3.8, 4) is 0 Å². The molecule has 2 aromatic rings. The molecule has 2 N–H and O–H groups in total. The lowest BCUT2D eigenvalue weighted by atomic mass is 10.3. The molecule has 7 heteroatoms. The number of aromatic nitrogens is 2. The van der Waals surface area contributed by atoms with E-state index in [0.717, 1.165) is 11.9 Å². The summed E-state index contributed by atoms with van der Waals surface area (Å²) < 4.78 is 12.7. The summed E-state index contributed by atoms with van der Waals surface area (Å²) in [6.45, 7) is 1.97. The smallest absolute Gasteiger partial charge is 0.276 e. The molecule has 1 atom stereocenters. The van der Waals surface area contributed by atoms with Gasteiger partial charge in [-0.05, 0) is 26.1 Å². The number of carbonyl (C=O) groups is 1. The van der Waals surface area contributed by atoms with Crippen LogP contribution in [0.1, 0.15) is 29.1 Å². The van der Waals surface area contributed by atoms with E-state index in [1.165, 1.54) is 23.5 Å². The van der Waals surface area contributed by atoms with Crippen LogP contribution >= 0.6 is 11.3 Å². The fourth-order valence-electron chi connectivity index (χ4n) is 1.36. The van der Waals surface area contributed by atoms with Crippen molar-refractivity contribution in [2.75, 3.05) is 12.4 Å². The van der Waals surface area contributed by atoms with Crippen LogP contribution in [0.25, 0.3) is 0 Å². The van der Waals surface area contributed by atoms with Crippen LogP contribution in [0.15, 0.2) is 23.7 Å². The zero-order chi connectivity index (χ0) is 13.8. The van der Waals surface area contributed by atoms with E-state index < -0.39 is 11.7 Å². The molecule has 0 radical (unpaired) electrons. The van der Waals surface area contributed by atoms with Gasteiger partial charge in [-0.15, -0.1) is 11.3 Å². The molecule has 1 amide bonds. The van der Waals surface area contributed by atoms with Gasteiger partial charge in [0.15, 0.2) is 5.13 Å². The highest BCUT2D eigenvalue weighted by atomic mass is 32.1. The predicted molar refractivity (Wildman–Crippen MR) is 71.7 cm³/mol. The number of nitrogens with one attached hydrogen (secondary N) is 2. The summed E-state index contributed by atoms with van der Waals surface area (Å²) in [4.78, 5) is 19.8. The first-order valence-corrected chi connectivity index (χ1v) is 6.53. The van der Waals surface area contributed by atoms with Crippen LogP contribution in [-0.2, 0) is 0 Å². The molecule has 0 saturated carbocycles. The van der Waals surface area contributed by atoms with Crippen molar-refractivity contribution in [3.63, 3.8) is 0 Å². The molecule has 2 aromatic heterocycles. The summed E-state index contributed by atoms with van der Waals surface area (Å²) in [5.74, 6) is -0.881. The Morgan fingerprint density at radius 1 is 1.47 bits per heavy atom. The first-order valence-electron chi connectivity index (χ1n) is 5.65. The number of nitrogens with zero attached hydrogens (tertiary/aromatic N) is 2. The molecule has 0 aliphatic rings. The Hall–Kier alpha value is -1.86. The minimum atomic E-state index is -0.476. The topological polar surface area (TPSA) is 66.9 Å². The van der Waals surface area contributed by atoms with Gasteiger partial charge in [0.05, 0.1) is 11.9 Å². The van der Waals surface area contributed by atoms with Crippen LogP contribution in [0.2, 0.25) is 0 Å². The Morgan fingerprint density at radius 3 is 2.89 bits per heavy atom. The number of carbonyl (C=O) groups excluding carboxylic acids is 1.